The van der Waals surface area contributed by atoms with E-state index in [0.717, 1.165) is 18.8 Å². The molecular formula is C16H28N2O. The van der Waals surface area contributed by atoms with Crippen molar-refractivity contribution in [1.82, 2.24) is 4.90 Å². The molecule has 1 aromatic carbocycles. The Labute approximate surface area is 117 Å². The molecule has 0 heterocycles. The van der Waals surface area contributed by atoms with Crippen molar-refractivity contribution < 1.29 is 4.74 Å². The molecular weight excluding hydrogens is 236 g/mol. The predicted octanol–water partition coefficient (Wildman–Crippen LogP) is 2.69. The summed E-state index contributed by atoms with van der Waals surface area (Å²) in [6.45, 7) is 11.3. The van der Waals surface area contributed by atoms with Crippen LogP contribution in [0.3, 0.4) is 0 Å². The highest BCUT2D eigenvalue weighted by Gasteiger charge is 2.20. The highest BCUT2D eigenvalue weighted by molar-refractivity contribution is 5.45. The SMILES string of the molecule is COc1cc(C)c(CN(C)CCN)cc1C(C)(C)C. The molecule has 0 spiro atoms. The summed E-state index contributed by atoms with van der Waals surface area (Å²) in [5, 5.41) is 0. The number of likely N-dealkylation sites (N-methyl/N-ethyl adjacent to an activating group) is 1. The Hall–Kier alpha value is -1.06. The summed E-state index contributed by atoms with van der Waals surface area (Å²) in [4.78, 5) is 2.25. The third-order valence-corrected chi connectivity index (χ3v) is 3.42. The van der Waals surface area contributed by atoms with E-state index in [9.17, 15) is 0 Å². The molecule has 108 valence electrons. The summed E-state index contributed by atoms with van der Waals surface area (Å²) in [6, 6.07) is 4.42. The number of hydrogen-bond donors (Lipinski definition) is 1. The molecule has 0 bridgehead atoms. The fourth-order valence-corrected chi connectivity index (χ4v) is 2.24. The lowest BCUT2D eigenvalue weighted by molar-refractivity contribution is 0.334. The van der Waals surface area contributed by atoms with Crippen LogP contribution in [0.25, 0.3) is 0 Å². The van der Waals surface area contributed by atoms with Crippen LogP contribution in [0, 0.1) is 6.92 Å². The average Bonchev–Trinajstić information content (AvgIpc) is 2.30. The lowest BCUT2D eigenvalue weighted by Crippen LogP contribution is -2.25. The van der Waals surface area contributed by atoms with Crippen LogP contribution in [0.4, 0.5) is 0 Å². The summed E-state index contributed by atoms with van der Waals surface area (Å²) in [5.41, 5.74) is 9.57. The third-order valence-electron chi connectivity index (χ3n) is 3.42. The van der Waals surface area contributed by atoms with Gasteiger partial charge in [0, 0.05) is 19.6 Å². The van der Waals surface area contributed by atoms with Crippen LogP contribution >= 0.6 is 0 Å². The van der Waals surface area contributed by atoms with Crippen LogP contribution in [-0.2, 0) is 12.0 Å². The summed E-state index contributed by atoms with van der Waals surface area (Å²) < 4.78 is 5.53. The van der Waals surface area contributed by atoms with Crippen molar-refractivity contribution in [2.24, 2.45) is 5.73 Å². The van der Waals surface area contributed by atoms with Gasteiger partial charge in [-0.2, -0.15) is 0 Å². The largest absolute Gasteiger partial charge is 0.496 e. The van der Waals surface area contributed by atoms with Crippen molar-refractivity contribution in [3.63, 3.8) is 0 Å². The molecule has 0 amide bonds. The number of methoxy groups -OCH3 is 1. The van der Waals surface area contributed by atoms with Crippen LogP contribution in [0.1, 0.15) is 37.5 Å². The Morgan fingerprint density at radius 3 is 2.37 bits per heavy atom. The maximum atomic E-state index is 5.60. The molecule has 0 aliphatic heterocycles. The monoisotopic (exact) mass is 264 g/mol. The minimum Gasteiger partial charge on any atom is -0.496 e. The Morgan fingerprint density at radius 1 is 1.26 bits per heavy atom. The van der Waals surface area contributed by atoms with Crippen molar-refractivity contribution in [1.29, 1.82) is 0 Å². The summed E-state index contributed by atoms with van der Waals surface area (Å²) in [7, 11) is 3.84. The van der Waals surface area contributed by atoms with Gasteiger partial charge in [-0.3, -0.25) is 0 Å². The molecule has 0 aliphatic carbocycles. The molecule has 0 aromatic heterocycles. The van der Waals surface area contributed by atoms with Gasteiger partial charge in [-0.1, -0.05) is 26.8 Å². The van der Waals surface area contributed by atoms with E-state index >= 15 is 0 Å². The molecule has 0 aliphatic rings. The minimum absolute atomic E-state index is 0.0836. The van der Waals surface area contributed by atoms with Crippen LogP contribution in [0.5, 0.6) is 5.75 Å². The van der Waals surface area contributed by atoms with Crippen LogP contribution in [-0.4, -0.2) is 32.1 Å². The van der Waals surface area contributed by atoms with E-state index in [2.05, 4.69) is 51.8 Å². The number of ether oxygens (including phenoxy) is 1. The number of rotatable bonds is 5. The third kappa shape index (κ3) is 4.22. The fourth-order valence-electron chi connectivity index (χ4n) is 2.24. The molecule has 2 N–H and O–H groups in total. The molecule has 0 atom stereocenters. The topological polar surface area (TPSA) is 38.5 Å². The first-order chi connectivity index (χ1) is 8.79. The first-order valence-corrected chi connectivity index (χ1v) is 6.86. The molecule has 1 aromatic rings. The number of nitrogens with two attached hydrogens (primary N) is 1. The van der Waals surface area contributed by atoms with E-state index in [1.54, 1.807) is 7.11 Å². The average molecular weight is 264 g/mol. The molecule has 3 heteroatoms. The van der Waals surface area contributed by atoms with Gasteiger partial charge in [-0.05, 0) is 42.1 Å². The van der Waals surface area contributed by atoms with Crippen molar-refractivity contribution in [2.75, 3.05) is 27.2 Å². The summed E-state index contributed by atoms with van der Waals surface area (Å²) >= 11 is 0. The highest BCUT2D eigenvalue weighted by Crippen LogP contribution is 2.33. The van der Waals surface area contributed by atoms with E-state index in [0.29, 0.717) is 6.54 Å². The lowest BCUT2D eigenvalue weighted by atomic mass is 9.84. The fraction of sp³-hybridized carbons (Fsp3) is 0.625. The maximum absolute atomic E-state index is 5.60. The van der Waals surface area contributed by atoms with E-state index in [1.165, 1.54) is 16.7 Å². The number of hydrogen-bond acceptors (Lipinski definition) is 3. The molecule has 0 saturated carbocycles. The first kappa shape index (κ1) is 16.0. The van der Waals surface area contributed by atoms with Gasteiger partial charge in [-0.15, -0.1) is 0 Å². The first-order valence-electron chi connectivity index (χ1n) is 6.86. The van der Waals surface area contributed by atoms with Crippen molar-refractivity contribution in [3.8, 4) is 5.75 Å². The van der Waals surface area contributed by atoms with Gasteiger partial charge >= 0.3 is 0 Å². The number of nitrogens with zero attached hydrogens (tertiary/aromatic N) is 1. The molecule has 0 radical (unpaired) electrons. The second-order valence-corrected chi connectivity index (χ2v) is 6.26. The van der Waals surface area contributed by atoms with Crippen molar-refractivity contribution in [3.05, 3.63) is 28.8 Å². The minimum atomic E-state index is 0.0836. The second-order valence-electron chi connectivity index (χ2n) is 6.26. The number of benzene rings is 1. The van der Waals surface area contributed by atoms with E-state index in [1.807, 2.05) is 0 Å². The molecule has 0 saturated heterocycles. The number of aryl methyl sites for hydroxylation is 1. The summed E-state index contributed by atoms with van der Waals surface area (Å²) in [6.07, 6.45) is 0. The van der Waals surface area contributed by atoms with Crippen molar-refractivity contribution >= 4 is 0 Å². The van der Waals surface area contributed by atoms with Crippen molar-refractivity contribution in [2.45, 2.75) is 39.7 Å². The molecule has 0 unspecified atom stereocenters. The van der Waals surface area contributed by atoms with Gasteiger partial charge in [0.1, 0.15) is 5.75 Å². The zero-order valence-corrected chi connectivity index (χ0v) is 13.2. The van der Waals surface area contributed by atoms with Gasteiger partial charge in [0.15, 0.2) is 0 Å². The van der Waals surface area contributed by atoms with Crippen LogP contribution < -0.4 is 10.5 Å². The van der Waals surface area contributed by atoms with Gasteiger partial charge < -0.3 is 15.4 Å². The Kier molecular flexibility index (Phi) is 5.39. The van der Waals surface area contributed by atoms with Gasteiger partial charge in [0.25, 0.3) is 0 Å². The van der Waals surface area contributed by atoms with Gasteiger partial charge in [-0.25, -0.2) is 0 Å². The standard InChI is InChI=1S/C16H28N2O/c1-12-9-15(19-6)14(16(2,3)4)10-13(12)11-18(5)8-7-17/h9-10H,7-8,11,17H2,1-6H3. The summed E-state index contributed by atoms with van der Waals surface area (Å²) in [5.74, 6) is 0.982. The zero-order chi connectivity index (χ0) is 14.6. The van der Waals surface area contributed by atoms with Crippen LogP contribution in [0.15, 0.2) is 12.1 Å². The molecule has 1 rings (SSSR count). The van der Waals surface area contributed by atoms with Crippen LogP contribution in [0.2, 0.25) is 0 Å². The Bertz CT molecular complexity index is 421. The van der Waals surface area contributed by atoms with Gasteiger partial charge in [0.05, 0.1) is 7.11 Å². The van der Waals surface area contributed by atoms with E-state index in [-0.39, 0.29) is 5.41 Å². The Balaban J connectivity index is 3.13. The molecule has 19 heavy (non-hydrogen) atoms. The molecule has 0 fully saturated rings. The lowest BCUT2D eigenvalue weighted by Gasteiger charge is -2.25. The Morgan fingerprint density at radius 2 is 1.89 bits per heavy atom. The normalized spacial score (nSPS) is 12.0. The highest BCUT2D eigenvalue weighted by atomic mass is 16.5. The van der Waals surface area contributed by atoms with E-state index in [4.69, 9.17) is 10.5 Å². The van der Waals surface area contributed by atoms with Gasteiger partial charge in [0.2, 0.25) is 0 Å². The van der Waals surface area contributed by atoms with E-state index < -0.39 is 0 Å². The zero-order valence-electron chi connectivity index (χ0n) is 13.2. The molecule has 3 nitrogen and oxygen atoms in total. The predicted molar refractivity (Wildman–Crippen MR) is 81.8 cm³/mol. The maximum Gasteiger partial charge on any atom is 0.122 e. The quantitative estimate of drug-likeness (QED) is 0.888. The smallest absolute Gasteiger partial charge is 0.122 e. The second kappa shape index (κ2) is 6.40.